The number of aromatic nitrogens is 1. The highest BCUT2D eigenvalue weighted by Gasteiger charge is 2.23. The first-order valence-electron chi connectivity index (χ1n) is 10.4. The van der Waals surface area contributed by atoms with Gasteiger partial charge in [0.15, 0.2) is 0 Å². The molecule has 2 aromatic rings. The maximum absolute atomic E-state index is 14.0. The predicted octanol–water partition coefficient (Wildman–Crippen LogP) is 2.33. The van der Waals surface area contributed by atoms with Crippen LogP contribution in [0, 0.1) is 5.82 Å². The van der Waals surface area contributed by atoms with Gasteiger partial charge in [-0.05, 0) is 30.8 Å². The molecule has 0 atom stereocenters. The number of carbonyl (C=O) groups excluding carboxylic acids is 1. The van der Waals surface area contributed by atoms with E-state index in [1.54, 1.807) is 12.3 Å². The molecule has 3 heterocycles. The SMILES string of the molecule is CCN1CCN(C(=O)c2ccc(N3CCN(c4ccccc4F)CC3)cn2)CC1. The van der Waals surface area contributed by atoms with E-state index in [1.807, 2.05) is 29.2 Å². The molecule has 1 aromatic carbocycles. The van der Waals surface area contributed by atoms with E-state index in [0.29, 0.717) is 11.4 Å². The topological polar surface area (TPSA) is 42.9 Å². The van der Waals surface area contributed by atoms with Gasteiger partial charge in [0.2, 0.25) is 0 Å². The maximum Gasteiger partial charge on any atom is 0.272 e. The molecule has 0 bridgehead atoms. The highest BCUT2D eigenvalue weighted by molar-refractivity contribution is 5.92. The highest BCUT2D eigenvalue weighted by atomic mass is 19.1. The fourth-order valence-electron chi connectivity index (χ4n) is 4.04. The Morgan fingerprint density at radius 1 is 0.931 bits per heavy atom. The van der Waals surface area contributed by atoms with Crippen LogP contribution in [0.25, 0.3) is 0 Å². The quantitative estimate of drug-likeness (QED) is 0.792. The number of carbonyl (C=O) groups is 1. The van der Waals surface area contributed by atoms with Crippen LogP contribution >= 0.6 is 0 Å². The van der Waals surface area contributed by atoms with Crippen LogP contribution in [0.5, 0.6) is 0 Å². The number of para-hydroxylation sites is 1. The molecule has 1 amide bonds. The van der Waals surface area contributed by atoms with Crippen LogP contribution in [0.2, 0.25) is 0 Å². The van der Waals surface area contributed by atoms with Crippen LogP contribution in [-0.4, -0.2) is 79.6 Å². The van der Waals surface area contributed by atoms with Crippen molar-refractivity contribution in [2.45, 2.75) is 6.92 Å². The Bertz CT molecular complexity index is 827. The number of hydrogen-bond acceptors (Lipinski definition) is 5. The van der Waals surface area contributed by atoms with Crippen LogP contribution in [0.4, 0.5) is 15.8 Å². The van der Waals surface area contributed by atoms with Gasteiger partial charge in [-0.15, -0.1) is 0 Å². The van der Waals surface area contributed by atoms with Crippen molar-refractivity contribution in [2.24, 2.45) is 0 Å². The van der Waals surface area contributed by atoms with Gasteiger partial charge in [0.05, 0.1) is 17.6 Å². The third kappa shape index (κ3) is 4.34. The molecule has 2 saturated heterocycles. The third-order valence-electron chi connectivity index (χ3n) is 5.91. The summed E-state index contributed by atoms with van der Waals surface area (Å²) in [6.07, 6.45) is 1.79. The van der Waals surface area contributed by atoms with Gasteiger partial charge in [0.1, 0.15) is 11.5 Å². The molecular formula is C22H28FN5O. The minimum Gasteiger partial charge on any atom is -0.367 e. The van der Waals surface area contributed by atoms with Crippen LogP contribution in [0.3, 0.4) is 0 Å². The zero-order chi connectivity index (χ0) is 20.2. The van der Waals surface area contributed by atoms with Crippen molar-refractivity contribution in [1.82, 2.24) is 14.8 Å². The first-order chi connectivity index (χ1) is 14.2. The lowest BCUT2D eigenvalue weighted by Crippen LogP contribution is -2.48. The monoisotopic (exact) mass is 397 g/mol. The van der Waals surface area contributed by atoms with Crippen molar-refractivity contribution < 1.29 is 9.18 Å². The molecule has 0 spiro atoms. The zero-order valence-corrected chi connectivity index (χ0v) is 16.9. The second-order valence-corrected chi connectivity index (χ2v) is 7.55. The normalized spacial score (nSPS) is 18.2. The van der Waals surface area contributed by atoms with Crippen LogP contribution in [0.1, 0.15) is 17.4 Å². The zero-order valence-electron chi connectivity index (χ0n) is 16.9. The molecule has 0 radical (unpaired) electrons. The van der Waals surface area contributed by atoms with E-state index < -0.39 is 0 Å². The minimum absolute atomic E-state index is 0.0108. The van der Waals surface area contributed by atoms with Gasteiger partial charge in [-0.25, -0.2) is 9.37 Å². The number of nitrogens with zero attached hydrogens (tertiary/aromatic N) is 5. The number of halogens is 1. The second kappa shape index (κ2) is 8.78. The molecule has 0 N–H and O–H groups in total. The molecule has 29 heavy (non-hydrogen) atoms. The molecule has 1 aromatic heterocycles. The Kier molecular flexibility index (Phi) is 5.94. The Balaban J connectivity index is 1.34. The number of benzene rings is 1. The summed E-state index contributed by atoms with van der Waals surface area (Å²) in [7, 11) is 0. The van der Waals surface area contributed by atoms with Crippen LogP contribution < -0.4 is 9.80 Å². The molecule has 2 aliphatic heterocycles. The molecule has 4 rings (SSSR count). The number of piperazine rings is 2. The highest BCUT2D eigenvalue weighted by Crippen LogP contribution is 2.22. The smallest absolute Gasteiger partial charge is 0.272 e. The Hall–Kier alpha value is -2.67. The van der Waals surface area contributed by atoms with Crippen molar-refractivity contribution in [3.8, 4) is 0 Å². The molecule has 7 heteroatoms. The first kappa shape index (κ1) is 19.6. The van der Waals surface area contributed by atoms with E-state index in [0.717, 1.165) is 64.6 Å². The van der Waals surface area contributed by atoms with E-state index >= 15 is 0 Å². The average molecular weight is 397 g/mol. The van der Waals surface area contributed by atoms with E-state index in [4.69, 9.17) is 0 Å². The van der Waals surface area contributed by atoms with Gasteiger partial charge in [-0.3, -0.25) is 4.79 Å². The summed E-state index contributed by atoms with van der Waals surface area (Å²) >= 11 is 0. The van der Waals surface area contributed by atoms with Crippen molar-refractivity contribution in [1.29, 1.82) is 0 Å². The fraction of sp³-hybridized carbons (Fsp3) is 0.455. The molecule has 6 nitrogen and oxygen atoms in total. The molecule has 0 aliphatic carbocycles. The molecule has 154 valence electrons. The molecule has 0 saturated carbocycles. The number of anilines is 2. The lowest BCUT2D eigenvalue weighted by Gasteiger charge is -2.37. The third-order valence-corrected chi connectivity index (χ3v) is 5.91. The van der Waals surface area contributed by atoms with Gasteiger partial charge in [-0.2, -0.15) is 0 Å². The summed E-state index contributed by atoms with van der Waals surface area (Å²) in [5.74, 6) is -0.165. The van der Waals surface area contributed by atoms with Gasteiger partial charge in [-0.1, -0.05) is 19.1 Å². The van der Waals surface area contributed by atoms with Crippen LogP contribution in [0.15, 0.2) is 42.6 Å². The minimum atomic E-state index is -0.176. The van der Waals surface area contributed by atoms with Gasteiger partial charge < -0.3 is 19.6 Å². The maximum atomic E-state index is 14.0. The van der Waals surface area contributed by atoms with Gasteiger partial charge >= 0.3 is 0 Å². The fourth-order valence-corrected chi connectivity index (χ4v) is 4.04. The molecular weight excluding hydrogens is 369 g/mol. The average Bonchev–Trinajstić information content (AvgIpc) is 2.79. The summed E-state index contributed by atoms with van der Waals surface area (Å²) in [5.41, 5.74) is 2.17. The van der Waals surface area contributed by atoms with Gasteiger partial charge in [0, 0.05) is 52.4 Å². The van der Waals surface area contributed by atoms with E-state index in [1.165, 1.54) is 6.07 Å². The number of likely N-dealkylation sites (N-methyl/N-ethyl adjacent to an activating group) is 1. The largest absolute Gasteiger partial charge is 0.367 e. The van der Waals surface area contributed by atoms with Crippen molar-refractivity contribution in [3.63, 3.8) is 0 Å². The summed E-state index contributed by atoms with van der Waals surface area (Å²) in [6.45, 7) is 9.63. The molecule has 0 unspecified atom stereocenters. The predicted molar refractivity (Wildman–Crippen MR) is 113 cm³/mol. The van der Waals surface area contributed by atoms with Crippen molar-refractivity contribution in [2.75, 3.05) is 68.7 Å². The number of pyridine rings is 1. The first-order valence-corrected chi connectivity index (χ1v) is 10.4. The number of rotatable bonds is 4. The number of hydrogen-bond donors (Lipinski definition) is 0. The Labute approximate surface area is 171 Å². The van der Waals surface area contributed by atoms with Crippen molar-refractivity contribution >= 4 is 17.3 Å². The van der Waals surface area contributed by atoms with Crippen LogP contribution in [-0.2, 0) is 0 Å². The van der Waals surface area contributed by atoms with Gasteiger partial charge in [0.25, 0.3) is 5.91 Å². The lowest BCUT2D eigenvalue weighted by atomic mass is 10.2. The van der Waals surface area contributed by atoms with E-state index in [9.17, 15) is 9.18 Å². The van der Waals surface area contributed by atoms with E-state index in [2.05, 4.69) is 26.6 Å². The molecule has 2 fully saturated rings. The summed E-state index contributed by atoms with van der Waals surface area (Å²) < 4.78 is 14.0. The summed E-state index contributed by atoms with van der Waals surface area (Å²) in [5, 5.41) is 0. The molecule has 2 aliphatic rings. The number of amides is 1. The Morgan fingerprint density at radius 2 is 1.62 bits per heavy atom. The van der Waals surface area contributed by atoms with Crippen molar-refractivity contribution in [3.05, 3.63) is 54.1 Å². The Morgan fingerprint density at radius 3 is 2.24 bits per heavy atom. The summed E-state index contributed by atoms with van der Waals surface area (Å²) in [6, 6.07) is 10.7. The standard InChI is InChI=1S/C22H28FN5O/c1-2-25-9-11-28(12-10-25)22(29)20-8-7-18(17-24-20)26-13-15-27(16-14-26)21-6-4-3-5-19(21)23/h3-8,17H,2,9-16H2,1H3. The second-order valence-electron chi connectivity index (χ2n) is 7.55. The lowest BCUT2D eigenvalue weighted by molar-refractivity contribution is 0.0637. The van der Waals surface area contributed by atoms with E-state index in [-0.39, 0.29) is 11.7 Å². The summed E-state index contributed by atoms with van der Waals surface area (Å²) in [4.78, 5) is 25.7.